The van der Waals surface area contributed by atoms with Crippen LogP contribution in [0.2, 0.25) is 30.1 Å². The topological polar surface area (TPSA) is 327 Å². The van der Waals surface area contributed by atoms with E-state index in [-0.39, 0.29) is 143 Å². The molecule has 46 heteroatoms. The summed E-state index contributed by atoms with van der Waals surface area (Å²) in [7, 11) is 0. The number of anilines is 6. The van der Waals surface area contributed by atoms with E-state index in [1.807, 2.05) is 126 Å². The Bertz CT molecular complexity index is 6410. The van der Waals surface area contributed by atoms with Crippen molar-refractivity contribution in [1.82, 2.24) is 92.8 Å². The Kier molecular flexibility index (Phi) is 37.7. The molecule has 0 spiro atoms. The fraction of sp³-hybridized carbons (Fsp3) is 0.375. The van der Waals surface area contributed by atoms with Crippen molar-refractivity contribution in [3.63, 3.8) is 0 Å². The minimum absolute atomic E-state index is 0. The first-order valence-electron chi connectivity index (χ1n) is 49.1. The average Bonchev–Trinajstić information content (AvgIpc) is 1.62. The van der Waals surface area contributed by atoms with Crippen LogP contribution in [0.15, 0.2) is 265 Å². The smallest absolute Gasteiger partial charge is 0.350 e. The van der Waals surface area contributed by atoms with E-state index < -0.39 is 17.4 Å². The van der Waals surface area contributed by atoms with E-state index >= 15 is 0 Å². The second-order valence-electron chi connectivity index (χ2n) is 36.8. The summed E-state index contributed by atoms with van der Waals surface area (Å²) in [6.45, 7) is 25.3. The summed E-state index contributed by atoms with van der Waals surface area (Å²) in [5.41, 5.74) is 10.9. The molecule has 0 amide bonds. The van der Waals surface area contributed by atoms with Gasteiger partial charge in [0.2, 0.25) is 17.4 Å². The number of tetrazole rings is 1. The molecule has 9 aromatic carbocycles. The number of nitrogens with zero attached hydrogens (tertiary/aromatic N) is 25. The van der Waals surface area contributed by atoms with Gasteiger partial charge in [0.1, 0.15) is 126 Å². The number of piperazine rings is 3. The number of aromatic nitrogens is 19. The van der Waals surface area contributed by atoms with Crippen LogP contribution in [0.3, 0.4) is 0 Å². The van der Waals surface area contributed by atoms with Crippen LogP contribution in [0.5, 0.6) is 17.2 Å². The normalized spacial score (nSPS) is 19.7. The molecule has 6 fully saturated rings. The zero-order valence-electron chi connectivity index (χ0n) is 83.2. The molecule has 15 aromatic rings. The average molecular weight is 2670 g/mol. The van der Waals surface area contributed by atoms with Crippen LogP contribution < -0.4 is 60.7 Å². The fourth-order valence-corrected chi connectivity index (χ4v) is 20.3. The van der Waals surface area contributed by atoms with E-state index in [0.717, 1.165) is 166 Å². The third-order valence-corrected chi connectivity index (χ3v) is 29.0. The molecule has 6 aromatic heterocycles. The van der Waals surface area contributed by atoms with Crippen LogP contribution in [-0.2, 0) is 129 Å². The largest absolute Gasteiger partial charge is 0.491 e. The molecule has 150 heavy (non-hydrogen) atoms. The predicted molar refractivity (Wildman–Crippen MR) is 562 cm³/mol. The molecule has 0 aliphatic carbocycles. The Morgan fingerprint density at radius 1 is 0.327 bits per heavy atom. The van der Waals surface area contributed by atoms with E-state index in [9.17, 15) is 14.4 Å². The summed E-state index contributed by atoms with van der Waals surface area (Å²) in [6.07, 6.45) is 14.0. The molecule has 6 aliphatic heterocycles. The zero-order valence-corrected chi connectivity index (χ0v) is 96.5. The van der Waals surface area contributed by atoms with Gasteiger partial charge in [0.15, 0.2) is 0 Å². The Morgan fingerprint density at radius 2 is 0.580 bits per heavy atom. The molecule has 9 atom stereocenters. The van der Waals surface area contributed by atoms with Crippen LogP contribution in [0.25, 0.3) is 17.1 Å². The van der Waals surface area contributed by atoms with Gasteiger partial charge in [-0.25, -0.2) is 66.1 Å². The summed E-state index contributed by atoms with van der Waals surface area (Å²) in [6, 6.07) is 64.6. The van der Waals surface area contributed by atoms with Gasteiger partial charge < -0.3 is 72.0 Å². The van der Waals surface area contributed by atoms with Gasteiger partial charge in [0.05, 0.1) is 70.1 Å². The number of rotatable bonds is 33. The number of hydrogen-bond acceptors (Lipinski definition) is 28. The van der Waals surface area contributed by atoms with Crippen LogP contribution >= 0.6 is 69.6 Å². The van der Waals surface area contributed by atoms with E-state index in [4.69, 9.17) is 112 Å². The standard InChI is InChI=1S/2C35H38Cl2N8O4.C34H37Cl2N9O4.3W/c2*1-3-25(2)45-34(46)44(24-40-45)29-7-5-27(6-8-29)41-14-16-42(17-15-41)28-9-11-30(12-10-28)47-19-31-20-48-35(49-31,21-43-23-38-22-39-43)32-13-4-26(36)18-33(32)37;1-3-24(2)45-33(46)44(23-38-45)28-7-5-26(6-8-28)41-14-16-42(17-15-41)27-9-11-29(12-10-27)47-19-30-20-48-34(49-30,21-43-22-37-39-40-43)31-13-4-25(35)18-32(31)36;;;/h2*4-13,18,22-25,31H,3,14-17,19-21H2,1-2H3;4-13,18,22-24,30H,3,14-17,19-21H2,1-2H3;;;/t25?,31-,35-;25-,31+,35+;24?,30-,34-;;;/m101.../s1. The number of ether oxygens (including phenoxy) is 9. The van der Waals surface area contributed by atoms with Gasteiger partial charge in [-0.2, -0.15) is 25.5 Å². The van der Waals surface area contributed by atoms with Crippen molar-refractivity contribution in [2.24, 2.45) is 0 Å². The molecule has 0 saturated carbocycles. The first-order chi connectivity index (χ1) is 71.4. The summed E-state index contributed by atoms with van der Waals surface area (Å²) in [4.78, 5) is 60.7. The zero-order chi connectivity index (χ0) is 102. The molecule has 6 aliphatic rings. The Labute approximate surface area is 939 Å². The minimum Gasteiger partial charge on any atom is -0.491 e. The summed E-state index contributed by atoms with van der Waals surface area (Å²) < 4.78 is 70.8. The second kappa shape index (κ2) is 50.7. The molecule has 0 N–H and O–H groups in total. The quantitative estimate of drug-likeness (QED) is 0.0369. The maximum Gasteiger partial charge on any atom is 0.350 e. The maximum absolute atomic E-state index is 12.8. The molecule has 2 unspecified atom stereocenters. The van der Waals surface area contributed by atoms with Gasteiger partial charge in [-0.1, -0.05) is 109 Å². The first kappa shape index (κ1) is 112. The molecule has 0 bridgehead atoms. The van der Waals surface area contributed by atoms with E-state index in [0.29, 0.717) is 79.9 Å². The van der Waals surface area contributed by atoms with Crippen molar-refractivity contribution in [3.05, 3.63) is 329 Å². The Balaban J connectivity index is 0.000000159. The summed E-state index contributed by atoms with van der Waals surface area (Å²) in [5.74, 6) is -1.28. The molecular weight excluding hydrogens is 2560 g/mol. The van der Waals surface area contributed by atoms with Crippen molar-refractivity contribution in [1.29, 1.82) is 0 Å². The van der Waals surface area contributed by atoms with Gasteiger partial charge in [-0.15, -0.1) is 5.10 Å². The molecule has 0 radical (unpaired) electrons. The van der Waals surface area contributed by atoms with Crippen molar-refractivity contribution in [2.45, 2.75) is 134 Å². The van der Waals surface area contributed by atoms with Crippen molar-refractivity contribution < 1.29 is 106 Å². The van der Waals surface area contributed by atoms with Crippen LogP contribution in [0, 0.1) is 0 Å². The van der Waals surface area contributed by atoms with E-state index in [1.54, 1.807) is 97.2 Å². The van der Waals surface area contributed by atoms with Gasteiger partial charge >= 0.3 is 17.1 Å². The van der Waals surface area contributed by atoms with E-state index in [1.165, 1.54) is 37.7 Å². The van der Waals surface area contributed by atoms with Crippen molar-refractivity contribution >= 4 is 104 Å². The van der Waals surface area contributed by atoms with Crippen LogP contribution in [-0.4, -0.2) is 229 Å². The second-order valence-corrected chi connectivity index (χ2v) is 39.4. The summed E-state index contributed by atoms with van der Waals surface area (Å²) >= 11 is 38.2. The molecule has 21 rings (SSSR count). The fourth-order valence-electron chi connectivity index (χ4n) is 18.7. The van der Waals surface area contributed by atoms with Crippen molar-refractivity contribution in [3.8, 4) is 34.3 Å². The number of halogens is 6. The van der Waals surface area contributed by atoms with Crippen LogP contribution in [0.1, 0.15) is 95.6 Å². The van der Waals surface area contributed by atoms with E-state index in [2.05, 4.69) is 153 Å². The number of benzene rings is 9. The predicted octanol–water partition coefficient (Wildman–Crippen LogP) is 16.1. The Morgan fingerprint density at radius 3 is 0.813 bits per heavy atom. The number of hydrogen-bond donors (Lipinski definition) is 0. The first-order valence-corrected chi connectivity index (χ1v) is 51.4. The van der Waals surface area contributed by atoms with Gasteiger partial charge in [0, 0.05) is 208 Å². The van der Waals surface area contributed by atoms with Crippen LogP contribution in [0.4, 0.5) is 34.1 Å². The SMILES string of the molecule is CCC(C)n1ncn(-c2ccc(N3CCN(c4ccc(OC[C@@H]5CO[C@@](Cn6cncn6)(c6ccc(Cl)cc6Cl)O5)cc4)CC3)cc2)c1=O.CCC(C)n1ncn(-c2ccc(N3CCN(c4ccc(OC[C@@H]5CO[C@@](Cn6cnnn6)(c6ccc(Cl)cc6Cl)O5)cc4)CC3)cc2)c1=O.CC[C@H](C)n1ncn(-c2ccc(N3CCN(c4ccc(OC[C@@H]5CO[C@@](Cn6cncn6)(c6ccc(Cl)cc6Cl)O5)cc4)CC3)cc2)c1=O.[W].[W].[W]. The van der Waals surface area contributed by atoms with Gasteiger partial charge in [-0.3, -0.25) is 0 Å². The molecular formula is C104H113Cl6N25O12W3. The third kappa shape index (κ3) is 25.8. The third-order valence-electron chi connectivity index (χ3n) is 27.4. The summed E-state index contributed by atoms with van der Waals surface area (Å²) in [5, 5.41) is 35.7. The van der Waals surface area contributed by atoms with Crippen molar-refractivity contribution in [2.75, 3.05) is 148 Å². The van der Waals surface area contributed by atoms with Gasteiger partial charge in [0.25, 0.3) is 0 Å². The molecule has 12 heterocycles. The molecule has 37 nitrogen and oxygen atoms in total. The molecule has 6 saturated heterocycles. The molecule has 786 valence electrons. The monoisotopic (exact) mass is 2670 g/mol. The Hall–Kier alpha value is -11.1. The van der Waals surface area contributed by atoms with Gasteiger partial charge in [-0.05, 0) is 232 Å². The maximum atomic E-state index is 12.8. The minimum atomic E-state index is -1.20.